The van der Waals surface area contributed by atoms with Crippen LogP contribution in [0.1, 0.15) is 16.8 Å². The number of likely N-dealkylation sites (N-methyl/N-ethyl adjacent to an activating group) is 1. The van der Waals surface area contributed by atoms with Gasteiger partial charge in [-0.05, 0) is 12.5 Å². The van der Waals surface area contributed by atoms with E-state index in [0.717, 1.165) is 6.07 Å². The Kier molecular flexibility index (Phi) is 4.42. The average Bonchev–Trinajstić information content (AvgIpc) is 2.61. The minimum absolute atomic E-state index is 0.0446. The summed E-state index contributed by atoms with van der Waals surface area (Å²) >= 11 is 5.96. The first-order valence-corrected chi connectivity index (χ1v) is 6.75. The fourth-order valence-electron chi connectivity index (χ4n) is 2.12. The van der Waals surface area contributed by atoms with Crippen LogP contribution in [-0.2, 0) is 4.79 Å². The third-order valence-electron chi connectivity index (χ3n) is 3.35. The molecule has 1 heterocycles. The number of hydrogen-bond donors (Lipinski definition) is 0. The second-order valence-electron chi connectivity index (χ2n) is 4.82. The SMILES string of the molecule is CN1CCCN(C(=O)c2cc([N+](=O)[O-])ccc2Cl)CC1=O. The van der Waals surface area contributed by atoms with Gasteiger partial charge in [0.2, 0.25) is 5.91 Å². The molecule has 0 unspecified atom stereocenters. The number of benzene rings is 1. The van der Waals surface area contributed by atoms with Crippen molar-refractivity contribution in [3.05, 3.63) is 38.9 Å². The number of hydrogen-bond acceptors (Lipinski definition) is 4. The molecule has 0 aliphatic carbocycles. The highest BCUT2D eigenvalue weighted by Gasteiger charge is 2.26. The lowest BCUT2D eigenvalue weighted by Crippen LogP contribution is -2.38. The van der Waals surface area contributed by atoms with E-state index in [0.29, 0.717) is 19.5 Å². The van der Waals surface area contributed by atoms with Crippen molar-refractivity contribution in [1.29, 1.82) is 0 Å². The van der Waals surface area contributed by atoms with E-state index in [9.17, 15) is 19.7 Å². The summed E-state index contributed by atoms with van der Waals surface area (Å²) in [6.07, 6.45) is 0.653. The van der Waals surface area contributed by atoms with Crippen molar-refractivity contribution in [2.75, 3.05) is 26.7 Å². The molecule has 0 aromatic heterocycles. The third-order valence-corrected chi connectivity index (χ3v) is 3.68. The van der Waals surface area contributed by atoms with E-state index in [-0.39, 0.29) is 28.7 Å². The van der Waals surface area contributed by atoms with Crippen LogP contribution in [0.4, 0.5) is 5.69 Å². The molecule has 0 atom stereocenters. The maximum absolute atomic E-state index is 12.4. The molecule has 8 heteroatoms. The van der Waals surface area contributed by atoms with Crippen molar-refractivity contribution in [3.63, 3.8) is 0 Å². The van der Waals surface area contributed by atoms with Crippen LogP contribution in [0.25, 0.3) is 0 Å². The van der Waals surface area contributed by atoms with Gasteiger partial charge in [-0.1, -0.05) is 11.6 Å². The monoisotopic (exact) mass is 311 g/mol. The number of rotatable bonds is 2. The molecule has 1 aromatic rings. The highest BCUT2D eigenvalue weighted by molar-refractivity contribution is 6.34. The predicted octanol–water partition coefficient (Wildman–Crippen LogP) is 1.55. The van der Waals surface area contributed by atoms with Crippen LogP contribution >= 0.6 is 11.6 Å². The van der Waals surface area contributed by atoms with Gasteiger partial charge >= 0.3 is 0 Å². The van der Waals surface area contributed by atoms with Crippen LogP contribution in [0.5, 0.6) is 0 Å². The lowest BCUT2D eigenvalue weighted by Gasteiger charge is -2.20. The molecule has 0 radical (unpaired) electrons. The van der Waals surface area contributed by atoms with Gasteiger partial charge in [0.05, 0.1) is 15.5 Å². The number of nitrogens with zero attached hydrogens (tertiary/aromatic N) is 3. The van der Waals surface area contributed by atoms with Crippen molar-refractivity contribution in [2.24, 2.45) is 0 Å². The molecule has 1 fully saturated rings. The first-order chi connectivity index (χ1) is 9.90. The smallest absolute Gasteiger partial charge is 0.270 e. The topological polar surface area (TPSA) is 83.8 Å². The average molecular weight is 312 g/mol. The zero-order valence-corrected chi connectivity index (χ0v) is 12.2. The zero-order chi connectivity index (χ0) is 15.6. The van der Waals surface area contributed by atoms with E-state index in [4.69, 9.17) is 11.6 Å². The van der Waals surface area contributed by atoms with Gasteiger partial charge in [0.25, 0.3) is 11.6 Å². The Morgan fingerprint density at radius 3 is 2.76 bits per heavy atom. The van der Waals surface area contributed by atoms with Crippen LogP contribution in [-0.4, -0.2) is 53.2 Å². The Bertz CT molecular complexity index is 605. The Balaban J connectivity index is 2.29. The number of nitro benzene ring substituents is 1. The fourth-order valence-corrected chi connectivity index (χ4v) is 2.32. The molecule has 1 aromatic carbocycles. The second kappa shape index (κ2) is 6.09. The van der Waals surface area contributed by atoms with E-state index < -0.39 is 10.8 Å². The summed E-state index contributed by atoms with van der Waals surface area (Å²) in [6, 6.07) is 3.70. The highest BCUT2D eigenvalue weighted by atomic mass is 35.5. The minimum atomic E-state index is -0.589. The van der Waals surface area contributed by atoms with Gasteiger partial charge in [-0.2, -0.15) is 0 Å². The molecule has 2 rings (SSSR count). The number of carbonyl (C=O) groups is 2. The molecular weight excluding hydrogens is 298 g/mol. The molecule has 0 saturated carbocycles. The Morgan fingerprint density at radius 2 is 2.10 bits per heavy atom. The van der Waals surface area contributed by atoms with Crippen molar-refractivity contribution in [3.8, 4) is 0 Å². The molecule has 2 amide bonds. The number of non-ortho nitro benzene ring substituents is 1. The molecule has 7 nitrogen and oxygen atoms in total. The van der Waals surface area contributed by atoms with Gasteiger partial charge in [-0.25, -0.2) is 0 Å². The summed E-state index contributed by atoms with van der Waals surface area (Å²) in [6.45, 7) is 0.938. The molecule has 1 saturated heterocycles. The molecular formula is C13H14ClN3O4. The summed E-state index contributed by atoms with van der Waals surface area (Å²) in [5.41, 5.74) is -0.163. The van der Waals surface area contributed by atoms with Crippen LogP contribution in [0, 0.1) is 10.1 Å². The summed E-state index contributed by atoms with van der Waals surface area (Å²) in [4.78, 5) is 37.4. The maximum Gasteiger partial charge on any atom is 0.270 e. The van der Waals surface area contributed by atoms with E-state index in [1.807, 2.05) is 0 Å². The molecule has 112 valence electrons. The van der Waals surface area contributed by atoms with Crippen LogP contribution < -0.4 is 0 Å². The molecule has 0 N–H and O–H groups in total. The van der Waals surface area contributed by atoms with E-state index in [1.54, 1.807) is 11.9 Å². The summed E-state index contributed by atoms with van der Waals surface area (Å²) in [5, 5.41) is 10.9. The van der Waals surface area contributed by atoms with Gasteiger partial charge < -0.3 is 9.80 Å². The van der Waals surface area contributed by atoms with Gasteiger partial charge in [0.1, 0.15) is 6.54 Å². The van der Waals surface area contributed by atoms with Crippen molar-refractivity contribution in [1.82, 2.24) is 9.80 Å². The largest absolute Gasteiger partial charge is 0.344 e. The predicted molar refractivity (Wildman–Crippen MR) is 76.3 cm³/mol. The molecule has 1 aliphatic heterocycles. The third kappa shape index (κ3) is 3.30. The maximum atomic E-state index is 12.4. The van der Waals surface area contributed by atoms with Gasteiger partial charge in [-0.3, -0.25) is 19.7 Å². The first-order valence-electron chi connectivity index (χ1n) is 6.37. The van der Waals surface area contributed by atoms with Crippen LogP contribution in [0.3, 0.4) is 0 Å². The summed E-state index contributed by atoms with van der Waals surface area (Å²) < 4.78 is 0. The Morgan fingerprint density at radius 1 is 1.38 bits per heavy atom. The van der Waals surface area contributed by atoms with Crippen LogP contribution in [0.2, 0.25) is 5.02 Å². The van der Waals surface area contributed by atoms with E-state index >= 15 is 0 Å². The fraction of sp³-hybridized carbons (Fsp3) is 0.385. The lowest BCUT2D eigenvalue weighted by atomic mass is 10.1. The van der Waals surface area contributed by atoms with Crippen molar-refractivity contribution < 1.29 is 14.5 Å². The summed E-state index contributed by atoms with van der Waals surface area (Å²) in [5.74, 6) is -0.630. The molecule has 0 bridgehead atoms. The van der Waals surface area contributed by atoms with Crippen LogP contribution in [0.15, 0.2) is 18.2 Å². The number of amides is 2. The Hall–Kier alpha value is -2.15. The van der Waals surface area contributed by atoms with E-state index in [1.165, 1.54) is 17.0 Å². The van der Waals surface area contributed by atoms with E-state index in [2.05, 4.69) is 0 Å². The normalized spacial score (nSPS) is 15.8. The van der Waals surface area contributed by atoms with Gasteiger partial charge in [-0.15, -0.1) is 0 Å². The minimum Gasteiger partial charge on any atom is -0.344 e. The highest BCUT2D eigenvalue weighted by Crippen LogP contribution is 2.24. The first kappa shape index (κ1) is 15.2. The number of halogens is 1. The molecule has 1 aliphatic rings. The van der Waals surface area contributed by atoms with Gasteiger partial charge in [0, 0.05) is 32.3 Å². The summed E-state index contributed by atoms with van der Waals surface area (Å²) in [7, 11) is 1.68. The van der Waals surface area contributed by atoms with Crippen molar-refractivity contribution in [2.45, 2.75) is 6.42 Å². The number of carbonyl (C=O) groups excluding carboxylic acids is 2. The van der Waals surface area contributed by atoms with Crippen molar-refractivity contribution >= 4 is 29.1 Å². The quantitative estimate of drug-likeness (QED) is 0.613. The lowest BCUT2D eigenvalue weighted by molar-refractivity contribution is -0.384. The van der Waals surface area contributed by atoms with Gasteiger partial charge in [0.15, 0.2) is 0 Å². The molecule has 21 heavy (non-hydrogen) atoms. The zero-order valence-electron chi connectivity index (χ0n) is 11.4. The standard InChI is InChI=1S/C13H14ClN3O4/c1-15-5-2-6-16(8-12(15)18)13(19)10-7-9(17(20)21)3-4-11(10)14/h3-4,7H,2,5-6,8H2,1H3. The molecule has 0 spiro atoms. The Labute approximate surface area is 126 Å². The number of nitro groups is 1. The second-order valence-corrected chi connectivity index (χ2v) is 5.22.